The number of benzene rings is 1. The molecule has 2 atom stereocenters. The van der Waals surface area contributed by atoms with Crippen molar-refractivity contribution >= 4 is 0 Å². The van der Waals surface area contributed by atoms with Crippen LogP contribution in [0, 0.1) is 19.8 Å². The van der Waals surface area contributed by atoms with E-state index in [1.165, 1.54) is 23.1 Å². The lowest BCUT2D eigenvalue weighted by molar-refractivity contribution is 0.399. The summed E-state index contributed by atoms with van der Waals surface area (Å²) in [6, 6.07) is 7.21. The second-order valence-corrected chi connectivity index (χ2v) is 4.51. The fourth-order valence-electron chi connectivity index (χ4n) is 2.16. The minimum Gasteiger partial charge on any atom is -0.313 e. The lowest BCUT2D eigenvalue weighted by atomic mass is 9.89. The summed E-state index contributed by atoms with van der Waals surface area (Å²) < 4.78 is 0. The summed E-state index contributed by atoms with van der Waals surface area (Å²) in [4.78, 5) is 0. The standard InChI is InChI=1S/C14H23N/c1-6-11(3)14(15-5)13-8-7-10(2)9-12(13)4/h7-9,11,14-15H,6H2,1-5H3. The molecule has 0 fully saturated rings. The molecule has 0 radical (unpaired) electrons. The van der Waals surface area contributed by atoms with E-state index in [0.29, 0.717) is 12.0 Å². The first-order valence-electron chi connectivity index (χ1n) is 5.84. The molecule has 0 saturated heterocycles. The third-order valence-electron chi connectivity index (χ3n) is 3.28. The Bertz CT molecular complexity index is 317. The summed E-state index contributed by atoms with van der Waals surface area (Å²) in [7, 11) is 2.05. The molecule has 1 aromatic rings. The molecule has 0 bridgehead atoms. The summed E-state index contributed by atoms with van der Waals surface area (Å²) >= 11 is 0. The molecular formula is C14H23N. The van der Waals surface area contributed by atoms with Crippen molar-refractivity contribution < 1.29 is 0 Å². The summed E-state index contributed by atoms with van der Waals surface area (Å²) in [5.41, 5.74) is 4.18. The second-order valence-electron chi connectivity index (χ2n) is 4.51. The Hall–Kier alpha value is -0.820. The topological polar surface area (TPSA) is 12.0 Å². The first-order chi connectivity index (χ1) is 7.10. The smallest absolute Gasteiger partial charge is 0.0346 e. The van der Waals surface area contributed by atoms with Gasteiger partial charge in [0, 0.05) is 6.04 Å². The number of aryl methyl sites for hydroxylation is 2. The summed E-state index contributed by atoms with van der Waals surface area (Å²) in [6.45, 7) is 8.91. The van der Waals surface area contributed by atoms with Crippen LogP contribution in [-0.4, -0.2) is 7.05 Å². The first kappa shape index (κ1) is 12.3. The van der Waals surface area contributed by atoms with Gasteiger partial charge in [0.2, 0.25) is 0 Å². The maximum Gasteiger partial charge on any atom is 0.0346 e. The molecule has 0 aliphatic heterocycles. The molecule has 2 unspecified atom stereocenters. The molecule has 0 saturated carbocycles. The predicted molar refractivity (Wildman–Crippen MR) is 67.2 cm³/mol. The summed E-state index contributed by atoms with van der Waals surface area (Å²) in [6.07, 6.45) is 1.21. The highest BCUT2D eigenvalue weighted by atomic mass is 14.9. The average Bonchev–Trinajstić information content (AvgIpc) is 2.21. The molecule has 1 heteroatoms. The molecule has 1 N–H and O–H groups in total. The molecule has 1 aromatic carbocycles. The molecule has 0 heterocycles. The van der Waals surface area contributed by atoms with Gasteiger partial charge in [-0.3, -0.25) is 0 Å². The molecule has 1 nitrogen and oxygen atoms in total. The maximum atomic E-state index is 3.43. The Kier molecular flexibility index (Phi) is 4.34. The zero-order valence-corrected chi connectivity index (χ0v) is 10.6. The normalized spacial score (nSPS) is 15.0. The highest BCUT2D eigenvalue weighted by Crippen LogP contribution is 2.26. The quantitative estimate of drug-likeness (QED) is 0.791. The third-order valence-corrected chi connectivity index (χ3v) is 3.28. The minimum absolute atomic E-state index is 0.482. The molecule has 1 rings (SSSR count). The van der Waals surface area contributed by atoms with Crippen molar-refractivity contribution in [2.45, 2.75) is 40.2 Å². The van der Waals surface area contributed by atoms with E-state index in [-0.39, 0.29) is 0 Å². The molecule has 84 valence electrons. The van der Waals surface area contributed by atoms with E-state index in [1.807, 2.05) is 0 Å². The van der Waals surface area contributed by atoms with Crippen LogP contribution < -0.4 is 5.32 Å². The molecule has 0 spiro atoms. The van der Waals surface area contributed by atoms with Crippen molar-refractivity contribution in [2.75, 3.05) is 7.05 Å². The molecule has 0 amide bonds. The fraction of sp³-hybridized carbons (Fsp3) is 0.571. The lowest BCUT2D eigenvalue weighted by Crippen LogP contribution is -2.23. The molecule has 0 aromatic heterocycles. The van der Waals surface area contributed by atoms with Crippen molar-refractivity contribution in [3.63, 3.8) is 0 Å². The van der Waals surface area contributed by atoms with E-state index < -0.39 is 0 Å². The summed E-state index contributed by atoms with van der Waals surface area (Å²) in [5.74, 6) is 0.677. The van der Waals surface area contributed by atoms with Crippen LogP contribution >= 0.6 is 0 Å². The van der Waals surface area contributed by atoms with Gasteiger partial charge in [0.05, 0.1) is 0 Å². The van der Waals surface area contributed by atoms with E-state index in [2.05, 4.69) is 58.3 Å². The summed E-state index contributed by atoms with van der Waals surface area (Å²) in [5, 5.41) is 3.43. The average molecular weight is 205 g/mol. The largest absolute Gasteiger partial charge is 0.313 e. The van der Waals surface area contributed by atoms with E-state index in [1.54, 1.807) is 0 Å². The third kappa shape index (κ3) is 2.82. The number of hydrogen-bond acceptors (Lipinski definition) is 1. The van der Waals surface area contributed by atoms with Crippen LogP contribution in [0.5, 0.6) is 0 Å². The van der Waals surface area contributed by atoms with Gasteiger partial charge < -0.3 is 5.32 Å². The van der Waals surface area contributed by atoms with E-state index in [0.717, 1.165) is 0 Å². The molecular weight excluding hydrogens is 182 g/mol. The zero-order valence-electron chi connectivity index (χ0n) is 10.6. The highest BCUT2D eigenvalue weighted by molar-refractivity contribution is 5.33. The van der Waals surface area contributed by atoms with Crippen molar-refractivity contribution in [2.24, 2.45) is 5.92 Å². The van der Waals surface area contributed by atoms with E-state index >= 15 is 0 Å². The van der Waals surface area contributed by atoms with Crippen LogP contribution in [0.2, 0.25) is 0 Å². The number of hydrogen-bond donors (Lipinski definition) is 1. The van der Waals surface area contributed by atoms with Crippen molar-refractivity contribution in [1.29, 1.82) is 0 Å². The second kappa shape index (κ2) is 5.32. The van der Waals surface area contributed by atoms with Crippen LogP contribution in [0.25, 0.3) is 0 Å². The van der Waals surface area contributed by atoms with Gasteiger partial charge in [-0.25, -0.2) is 0 Å². The molecule has 0 aliphatic rings. The van der Waals surface area contributed by atoms with E-state index in [9.17, 15) is 0 Å². The van der Waals surface area contributed by atoms with Gasteiger partial charge in [0.25, 0.3) is 0 Å². The van der Waals surface area contributed by atoms with Crippen LogP contribution in [0.1, 0.15) is 43.0 Å². The zero-order chi connectivity index (χ0) is 11.4. The first-order valence-corrected chi connectivity index (χ1v) is 5.84. The Morgan fingerprint density at radius 2 is 1.93 bits per heavy atom. The van der Waals surface area contributed by atoms with Crippen LogP contribution in [0.4, 0.5) is 0 Å². The Labute approximate surface area is 93.9 Å². The SMILES string of the molecule is CCC(C)C(NC)c1ccc(C)cc1C. The van der Waals surface area contributed by atoms with Gasteiger partial charge >= 0.3 is 0 Å². The van der Waals surface area contributed by atoms with Crippen molar-refractivity contribution in [3.05, 3.63) is 34.9 Å². The molecule has 15 heavy (non-hydrogen) atoms. The van der Waals surface area contributed by atoms with E-state index in [4.69, 9.17) is 0 Å². The molecule has 0 aliphatic carbocycles. The Morgan fingerprint density at radius 1 is 1.27 bits per heavy atom. The Balaban J connectivity index is 3.01. The predicted octanol–water partition coefficient (Wildman–Crippen LogP) is 3.61. The van der Waals surface area contributed by atoms with Crippen LogP contribution in [0.3, 0.4) is 0 Å². The van der Waals surface area contributed by atoms with Crippen molar-refractivity contribution in [3.8, 4) is 0 Å². The monoisotopic (exact) mass is 205 g/mol. The lowest BCUT2D eigenvalue weighted by Gasteiger charge is -2.24. The fourth-order valence-corrected chi connectivity index (χ4v) is 2.16. The van der Waals surface area contributed by atoms with Crippen LogP contribution in [0.15, 0.2) is 18.2 Å². The number of nitrogens with one attached hydrogen (secondary N) is 1. The maximum absolute atomic E-state index is 3.43. The minimum atomic E-state index is 0.482. The highest BCUT2D eigenvalue weighted by Gasteiger charge is 2.17. The van der Waals surface area contributed by atoms with Gasteiger partial charge in [-0.1, -0.05) is 44.0 Å². The van der Waals surface area contributed by atoms with Gasteiger partial charge in [0.15, 0.2) is 0 Å². The van der Waals surface area contributed by atoms with Crippen molar-refractivity contribution in [1.82, 2.24) is 5.32 Å². The van der Waals surface area contributed by atoms with Gasteiger partial charge in [-0.2, -0.15) is 0 Å². The van der Waals surface area contributed by atoms with Gasteiger partial charge in [-0.15, -0.1) is 0 Å². The van der Waals surface area contributed by atoms with Gasteiger partial charge in [0.1, 0.15) is 0 Å². The van der Waals surface area contributed by atoms with Gasteiger partial charge in [-0.05, 0) is 37.9 Å². The Morgan fingerprint density at radius 3 is 2.40 bits per heavy atom. The number of rotatable bonds is 4. The van der Waals surface area contributed by atoms with Crippen LogP contribution in [-0.2, 0) is 0 Å².